The molecule has 0 radical (unpaired) electrons. The smallest absolute Gasteiger partial charge is 0.214 e. The first kappa shape index (κ1) is 14.7. The van der Waals surface area contributed by atoms with E-state index in [9.17, 15) is 5.11 Å². The first-order chi connectivity index (χ1) is 10.1. The number of piperazine rings is 1. The number of aryl methyl sites for hydroxylation is 1. The predicted molar refractivity (Wildman–Crippen MR) is 85.1 cm³/mol. The van der Waals surface area contributed by atoms with E-state index < -0.39 is 0 Å². The molecule has 1 N–H and O–H groups in total. The molecule has 0 unspecified atom stereocenters. The Morgan fingerprint density at radius 1 is 1.48 bits per heavy atom. The summed E-state index contributed by atoms with van der Waals surface area (Å²) >= 11 is 1.65. The van der Waals surface area contributed by atoms with Gasteiger partial charge in [-0.25, -0.2) is 9.50 Å². The Kier molecular flexibility index (Phi) is 4.14. The predicted octanol–water partition coefficient (Wildman–Crippen LogP) is 1.38. The van der Waals surface area contributed by atoms with Gasteiger partial charge in [-0.1, -0.05) is 18.3 Å². The lowest BCUT2D eigenvalue weighted by Gasteiger charge is -2.41. The normalized spacial score (nSPS) is 22.1. The summed E-state index contributed by atoms with van der Waals surface area (Å²) in [5, 5.41) is 15.3. The molecule has 1 saturated heterocycles. The zero-order valence-electron chi connectivity index (χ0n) is 12.9. The van der Waals surface area contributed by atoms with Gasteiger partial charge in [0.1, 0.15) is 0 Å². The Labute approximate surface area is 129 Å². The van der Waals surface area contributed by atoms with E-state index >= 15 is 0 Å². The quantitative estimate of drug-likeness (QED) is 0.925. The van der Waals surface area contributed by atoms with Crippen molar-refractivity contribution in [3.05, 3.63) is 11.9 Å². The fraction of sp³-hybridized carbons (Fsp3) is 0.714. The fourth-order valence-electron chi connectivity index (χ4n) is 2.96. The van der Waals surface area contributed by atoms with Crippen LogP contribution in [0.25, 0.3) is 4.96 Å². The van der Waals surface area contributed by atoms with Crippen LogP contribution >= 0.6 is 11.3 Å². The standard InChI is InChI=1S/C14H23N5OS/c1-4-12-9-18(6-5-17(12)8-11(3)20)14-16-19-7-10(2)15-13(19)21-14/h7,11-12,20H,4-6,8-9H2,1-3H3/t11-,12-/m0/s1. The molecular weight excluding hydrogens is 286 g/mol. The van der Waals surface area contributed by atoms with Crippen molar-refractivity contribution >= 4 is 21.4 Å². The number of imidazole rings is 1. The average Bonchev–Trinajstić information content (AvgIpc) is 2.95. The van der Waals surface area contributed by atoms with Crippen LogP contribution in [0.5, 0.6) is 0 Å². The maximum Gasteiger partial charge on any atom is 0.214 e. The molecule has 0 aliphatic carbocycles. The molecule has 0 bridgehead atoms. The van der Waals surface area contributed by atoms with Gasteiger partial charge in [0.25, 0.3) is 0 Å². The molecule has 1 aliphatic rings. The molecule has 116 valence electrons. The monoisotopic (exact) mass is 309 g/mol. The molecule has 21 heavy (non-hydrogen) atoms. The minimum Gasteiger partial charge on any atom is -0.392 e. The second-order valence-corrected chi connectivity index (χ2v) is 6.78. The number of hydrogen-bond donors (Lipinski definition) is 1. The number of aliphatic hydroxyl groups is 1. The van der Waals surface area contributed by atoms with Crippen molar-refractivity contribution in [1.29, 1.82) is 0 Å². The summed E-state index contributed by atoms with van der Waals surface area (Å²) in [5.41, 5.74) is 1.01. The van der Waals surface area contributed by atoms with Crippen molar-refractivity contribution in [2.45, 2.75) is 39.3 Å². The highest BCUT2D eigenvalue weighted by atomic mass is 32.1. The van der Waals surface area contributed by atoms with Crippen LogP contribution in [0, 0.1) is 6.92 Å². The number of β-amino-alcohol motifs (C(OH)–C–C–N with tert-alkyl or cyclic N) is 1. The van der Waals surface area contributed by atoms with Gasteiger partial charge in [-0.2, -0.15) is 0 Å². The molecule has 6 nitrogen and oxygen atoms in total. The Hall–Kier alpha value is -1.18. The van der Waals surface area contributed by atoms with Crippen LogP contribution in [0.4, 0.5) is 5.13 Å². The first-order valence-electron chi connectivity index (χ1n) is 7.56. The molecule has 0 spiro atoms. The summed E-state index contributed by atoms with van der Waals surface area (Å²) in [6, 6.07) is 0.478. The van der Waals surface area contributed by atoms with E-state index in [2.05, 4.69) is 26.8 Å². The Morgan fingerprint density at radius 2 is 2.29 bits per heavy atom. The van der Waals surface area contributed by atoms with E-state index in [1.54, 1.807) is 11.3 Å². The summed E-state index contributed by atoms with van der Waals surface area (Å²) in [5.74, 6) is 0. The highest BCUT2D eigenvalue weighted by Gasteiger charge is 2.28. The maximum atomic E-state index is 9.62. The maximum absolute atomic E-state index is 9.62. The van der Waals surface area contributed by atoms with Gasteiger partial charge >= 0.3 is 0 Å². The third kappa shape index (κ3) is 3.04. The van der Waals surface area contributed by atoms with Crippen molar-refractivity contribution in [3.8, 4) is 0 Å². The summed E-state index contributed by atoms with van der Waals surface area (Å²) in [6.07, 6.45) is 2.79. The topological polar surface area (TPSA) is 56.9 Å². The Bertz CT molecular complexity index is 576. The van der Waals surface area contributed by atoms with Crippen LogP contribution in [-0.4, -0.2) is 62.9 Å². The largest absolute Gasteiger partial charge is 0.392 e. The lowest BCUT2D eigenvalue weighted by atomic mass is 10.1. The van der Waals surface area contributed by atoms with Crippen LogP contribution < -0.4 is 4.90 Å². The molecule has 1 fully saturated rings. The number of aliphatic hydroxyl groups excluding tert-OH is 1. The molecule has 0 saturated carbocycles. The van der Waals surface area contributed by atoms with Crippen molar-refractivity contribution in [2.24, 2.45) is 0 Å². The summed E-state index contributed by atoms with van der Waals surface area (Å²) in [6.45, 7) is 9.72. The highest BCUT2D eigenvalue weighted by molar-refractivity contribution is 7.20. The third-order valence-electron chi connectivity index (χ3n) is 4.00. The Morgan fingerprint density at radius 3 is 2.95 bits per heavy atom. The summed E-state index contributed by atoms with van der Waals surface area (Å²) in [7, 11) is 0. The average molecular weight is 309 g/mol. The summed E-state index contributed by atoms with van der Waals surface area (Å²) in [4.78, 5) is 10.2. The number of hydrogen-bond acceptors (Lipinski definition) is 6. The number of anilines is 1. The molecule has 0 amide bonds. The molecular formula is C14H23N5OS. The minimum atomic E-state index is -0.267. The van der Waals surface area contributed by atoms with Crippen LogP contribution in [0.3, 0.4) is 0 Å². The van der Waals surface area contributed by atoms with Gasteiger partial charge in [-0.15, -0.1) is 5.10 Å². The number of aromatic nitrogens is 3. The molecule has 2 aromatic rings. The molecule has 0 aromatic carbocycles. The molecule has 2 atom stereocenters. The van der Waals surface area contributed by atoms with Crippen LogP contribution in [0.15, 0.2) is 6.20 Å². The molecule has 2 aromatic heterocycles. The molecule has 1 aliphatic heterocycles. The summed E-state index contributed by atoms with van der Waals surface area (Å²) < 4.78 is 1.87. The highest BCUT2D eigenvalue weighted by Crippen LogP contribution is 2.26. The van der Waals surface area contributed by atoms with E-state index in [0.29, 0.717) is 6.04 Å². The second kappa shape index (κ2) is 5.90. The first-order valence-corrected chi connectivity index (χ1v) is 8.38. The van der Waals surface area contributed by atoms with Gasteiger partial charge in [-0.05, 0) is 20.3 Å². The van der Waals surface area contributed by atoms with E-state index in [4.69, 9.17) is 0 Å². The van der Waals surface area contributed by atoms with Gasteiger partial charge in [0.05, 0.1) is 18.0 Å². The van der Waals surface area contributed by atoms with E-state index in [0.717, 1.165) is 48.4 Å². The lowest BCUT2D eigenvalue weighted by Crippen LogP contribution is -2.54. The third-order valence-corrected chi connectivity index (χ3v) is 4.98. The van der Waals surface area contributed by atoms with Gasteiger partial charge in [-0.3, -0.25) is 4.90 Å². The van der Waals surface area contributed by atoms with Crippen LogP contribution in [0.1, 0.15) is 26.0 Å². The van der Waals surface area contributed by atoms with Gasteiger partial charge < -0.3 is 10.0 Å². The minimum absolute atomic E-state index is 0.267. The fourth-order valence-corrected chi connectivity index (χ4v) is 3.92. The zero-order chi connectivity index (χ0) is 15.0. The number of nitrogens with zero attached hydrogens (tertiary/aromatic N) is 5. The number of fused-ring (bicyclic) bond motifs is 1. The van der Waals surface area contributed by atoms with Crippen LogP contribution in [-0.2, 0) is 0 Å². The Balaban J connectivity index is 1.73. The zero-order valence-corrected chi connectivity index (χ0v) is 13.7. The number of rotatable bonds is 4. The molecule has 7 heteroatoms. The lowest BCUT2D eigenvalue weighted by molar-refractivity contribution is 0.0885. The molecule has 3 rings (SSSR count). The SMILES string of the molecule is CC[C@H]1CN(c2nn3cc(C)nc3s2)CCN1C[C@H](C)O. The van der Waals surface area contributed by atoms with Crippen molar-refractivity contribution < 1.29 is 5.11 Å². The van der Waals surface area contributed by atoms with Crippen LogP contribution in [0.2, 0.25) is 0 Å². The van der Waals surface area contributed by atoms with E-state index in [1.165, 1.54) is 0 Å². The van der Waals surface area contributed by atoms with Crippen molar-refractivity contribution in [1.82, 2.24) is 19.5 Å². The van der Waals surface area contributed by atoms with Gasteiger partial charge in [0.2, 0.25) is 10.1 Å². The van der Waals surface area contributed by atoms with E-state index in [1.807, 2.05) is 24.6 Å². The molecule has 3 heterocycles. The second-order valence-electron chi connectivity index (χ2n) is 5.85. The van der Waals surface area contributed by atoms with Gasteiger partial charge in [0, 0.05) is 32.2 Å². The van der Waals surface area contributed by atoms with Crippen molar-refractivity contribution in [3.63, 3.8) is 0 Å². The van der Waals surface area contributed by atoms with Crippen molar-refractivity contribution in [2.75, 3.05) is 31.1 Å². The van der Waals surface area contributed by atoms with Gasteiger partial charge in [0.15, 0.2) is 0 Å². The van der Waals surface area contributed by atoms with E-state index in [-0.39, 0.29) is 6.10 Å².